The van der Waals surface area contributed by atoms with Crippen molar-refractivity contribution in [1.29, 1.82) is 0 Å². The summed E-state index contributed by atoms with van der Waals surface area (Å²) in [7, 11) is 1.64. The number of carbonyl (C=O) groups is 2. The van der Waals surface area contributed by atoms with Crippen molar-refractivity contribution in [3.63, 3.8) is 0 Å². The van der Waals surface area contributed by atoms with Crippen LogP contribution in [0.1, 0.15) is 6.42 Å². The number of ether oxygens (including phenoxy) is 1. The summed E-state index contributed by atoms with van der Waals surface area (Å²) in [5, 5.41) is 0. The van der Waals surface area contributed by atoms with Crippen LogP contribution in [0.2, 0.25) is 0 Å². The molecule has 1 unspecified atom stereocenters. The van der Waals surface area contributed by atoms with Gasteiger partial charge in [-0.05, 0) is 12.1 Å². The predicted molar refractivity (Wildman–Crippen MR) is 83.6 cm³/mol. The maximum absolute atomic E-state index is 12.1. The van der Waals surface area contributed by atoms with E-state index in [1.54, 1.807) is 12.0 Å². The highest BCUT2D eigenvalue weighted by atomic mass is 16.5. The van der Waals surface area contributed by atoms with E-state index in [1.165, 1.54) is 0 Å². The normalized spacial score (nSPS) is 16.3. The number of para-hydroxylation sites is 2. The number of methoxy groups -OCH3 is 1. The third-order valence-electron chi connectivity index (χ3n) is 3.76. The molecule has 7 heteroatoms. The Labute approximate surface area is 129 Å². The number of nitrogens with two attached hydrogens (primary N) is 2. The highest BCUT2D eigenvalue weighted by molar-refractivity contribution is 5.87. The molecule has 0 aliphatic carbocycles. The summed E-state index contributed by atoms with van der Waals surface area (Å²) in [6, 6.07) is 6.93. The van der Waals surface area contributed by atoms with Gasteiger partial charge in [-0.15, -0.1) is 0 Å². The van der Waals surface area contributed by atoms with Crippen LogP contribution in [0.4, 0.5) is 5.69 Å². The van der Waals surface area contributed by atoms with E-state index in [1.807, 2.05) is 24.3 Å². The minimum atomic E-state index is -0.852. The first kappa shape index (κ1) is 16.1. The Hall–Kier alpha value is -2.28. The highest BCUT2D eigenvalue weighted by Crippen LogP contribution is 2.28. The van der Waals surface area contributed by atoms with Crippen LogP contribution in [0.25, 0.3) is 0 Å². The van der Waals surface area contributed by atoms with Crippen LogP contribution in [0.5, 0.6) is 5.75 Å². The molecular weight excluding hydrogens is 284 g/mol. The van der Waals surface area contributed by atoms with Crippen molar-refractivity contribution in [1.82, 2.24) is 4.90 Å². The molecular formula is C15H22N4O3. The zero-order chi connectivity index (χ0) is 16.1. The smallest absolute Gasteiger partial charge is 0.240 e. The summed E-state index contributed by atoms with van der Waals surface area (Å²) in [6.07, 6.45) is -0.119. The molecule has 1 aromatic rings. The van der Waals surface area contributed by atoms with E-state index in [0.717, 1.165) is 11.4 Å². The molecule has 1 aliphatic heterocycles. The van der Waals surface area contributed by atoms with Crippen molar-refractivity contribution in [3.8, 4) is 5.75 Å². The summed E-state index contributed by atoms with van der Waals surface area (Å²) >= 11 is 0. The Kier molecular flexibility index (Phi) is 5.21. The van der Waals surface area contributed by atoms with Crippen molar-refractivity contribution in [2.24, 2.45) is 11.5 Å². The molecule has 1 fully saturated rings. The first-order chi connectivity index (χ1) is 10.5. The Balaban J connectivity index is 1.95. The van der Waals surface area contributed by atoms with E-state index in [9.17, 15) is 9.59 Å². The Morgan fingerprint density at radius 3 is 2.45 bits per heavy atom. The van der Waals surface area contributed by atoms with Gasteiger partial charge in [-0.2, -0.15) is 0 Å². The Morgan fingerprint density at radius 2 is 1.86 bits per heavy atom. The van der Waals surface area contributed by atoms with Crippen LogP contribution in [0.3, 0.4) is 0 Å². The molecule has 120 valence electrons. The molecule has 0 radical (unpaired) electrons. The van der Waals surface area contributed by atoms with Gasteiger partial charge in [-0.1, -0.05) is 12.1 Å². The molecule has 1 aliphatic rings. The van der Waals surface area contributed by atoms with E-state index in [0.29, 0.717) is 26.2 Å². The van der Waals surface area contributed by atoms with Crippen molar-refractivity contribution in [2.75, 3.05) is 38.2 Å². The summed E-state index contributed by atoms with van der Waals surface area (Å²) in [5.74, 6) is 0.0275. The van der Waals surface area contributed by atoms with Gasteiger partial charge in [0.05, 0.1) is 25.3 Å². The van der Waals surface area contributed by atoms with E-state index in [4.69, 9.17) is 16.2 Å². The molecule has 1 heterocycles. The zero-order valence-electron chi connectivity index (χ0n) is 12.7. The quantitative estimate of drug-likeness (QED) is 0.767. The zero-order valence-corrected chi connectivity index (χ0v) is 12.7. The predicted octanol–water partition coefficient (Wildman–Crippen LogP) is -0.453. The number of piperazine rings is 1. The molecule has 2 amide bonds. The van der Waals surface area contributed by atoms with Crippen LogP contribution < -0.4 is 21.1 Å². The van der Waals surface area contributed by atoms with Crippen LogP contribution in [-0.2, 0) is 9.59 Å². The van der Waals surface area contributed by atoms with Crippen molar-refractivity contribution < 1.29 is 14.3 Å². The first-order valence-corrected chi connectivity index (χ1v) is 7.23. The molecule has 7 nitrogen and oxygen atoms in total. The summed E-state index contributed by atoms with van der Waals surface area (Å²) in [5.41, 5.74) is 11.8. The molecule has 0 spiro atoms. The number of rotatable bonds is 5. The molecule has 0 saturated carbocycles. The fraction of sp³-hybridized carbons (Fsp3) is 0.467. The molecule has 1 saturated heterocycles. The van der Waals surface area contributed by atoms with Crippen LogP contribution in [0, 0.1) is 0 Å². The number of hydrogen-bond donors (Lipinski definition) is 2. The third kappa shape index (κ3) is 3.67. The SMILES string of the molecule is COc1ccccc1N1CCN(C(=O)C(N)CC(N)=O)CC1. The van der Waals surface area contributed by atoms with E-state index < -0.39 is 11.9 Å². The van der Waals surface area contributed by atoms with Crippen LogP contribution in [-0.4, -0.2) is 56.0 Å². The lowest BCUT2D eigenvalue weighted by Gasteiger charge is -2.37. The summed E-state index contributed by atoms with van der Waals surface area (Å²) in [4.78, 5) is 26.9. The number of nitrogens with zero attached hydrogens (tertiary/aromatic N) is 2. The lowest BCUT2D eigenvalue weighted by molar-refractivity contribution is -0.134. The average Bonchev–Trinajstić information content (AvgIpc) is 2.53. The topological polar surface area (TPSA) is 102 Å². The highest BCUT2D eigenvalue weighted by Gasteiger charge is 2.26. The number of anilines is 1. The van der Waals surface area contributed by atoms with E-state index in [2.05, 4.69) is 4.90 Å². The molecule has 0 bridgehead atoms. The molecule has 2 rings (SSSR count). The molecule has 0 aromatic heterocycles. The van der Waals surface area contributed by atoms with E-state index in [-0.39, 0.29) is 12.3 Å². The minimum absolute atomic E-state index is 0.119. The third-order valence-corrected chi connectivity index (χ3v) is 3.76. The lowest BCUT2D eigenvalue weighted by Crippen LogP contribution is -2.53. The van der Waals surface area contributed by atoms with Gasteiger partial charge in [-0.3, -0.25) is 9.59 Å². The minimum Gasteiger partial charge on any atom is -0.495 e. The maximum atomic E-state index is 12.1. The van der Waals surface area contributed by atoms with E-state index >= 15 is 0 Å². The molecule has 4 N–H and O–H groups in total. The van der Waals surface area contributed by atoms with Gasteiger partial charge in [0.1, 0.15) is 5.75 Å². The monoisotopic (exact) mass is 306 g/mol. The fourth-order valence-corrected chi connectivity index (χ4v) is 2.60. The molecule has 22 heavy (non-hydrogen) atoms. The van der Waals surface area contributed by atoms with Gasteiger partial charge in [0.25, 0.3) is 0 Å². The molecule has 1 aromatic carbocycles. The molecule has 1 atom stereocenters. The second kappa shape index (κ2) is 7.13. The van der Waals surface area contributed by atoms with Gasteiger partial charge in [0.15, 0.2) is 0 Å². The van der Waals surface area contributed by atoms with Gasteiger partial charge >= 0.3 is 0 Å². The average molecular weight is 306 g/mol. The largest absolute Gasteiger partial charge is 0.495 e. The van der Waals surface area contributed by atoms with Crippen LogP contribution >= 0.6 is 0 Å². The van der Waals surface area contributed by atoms with Crippen LogP contribution in [0.15, 0.2) is 24.3 Å². The first-order valence-electron chi connectivity index (χ1n) is 7.23. The second-order valence-electron chi connectivity index (χ2n) is 5.26. The summed E-state index contributed by atoms with van der Waals surface area (Å²) < 4.78 is 5.36. The van der Waals surface area contributed by atoms with Gasteiger partial charge < -0.3 is 26.0 Å². The van der Waals surface area contributed by atoms with Crippen molar-refractivity contribution >= 4 is 17.5 Å². The number of amides is 2. The number of hydrogen-bond acceptors (Lipinski definition) is 5. The Morgan fingerprint density at radius 1 is 1.23 bits per heavy atom. The maximum Gasteiger partial charge on any atom is 0.240 e. The Bertz CT molecular complexity index is 541. The standard InChI is InChI=1S/C15H22N4O3/c1-22-13-5-3-2-4-12(13)18-6-8-19(9-7-18)15(21)11(16)10-14(17)20/h2-5,11H,6-10,16H2,1H3,(H2,17,20). The lowest BCUT2D eigenvalue weighted by atomic mass is 10.1. The van der Waals surface area contributed by atoms with Crippen molar-refractivity contribution in [3.05, 3.63) is 24.3 Å². The van der Waals surface area contributed by atoms with Gasteiger partial charge in [0.2, 0.25) is 11.8 Å². The van der Waals surface area contributed by atoms with Crippen molar-refractivity contribution in [2.45, 2.75) is 12.5 Å². The van der Waals surface area contributed by atoms with Gasteiger partial charge in [-0.25, -0.2) is 0 Å². The number of benzene rings is 1. The second-order valence-corrected chi connectivity index (χ2v) is 5.26. The number of carbonyl (C=O) groups excluding carboxylic acids is 2. The summed E-state index contributed by atoms with van der Waals surface area (Å²) in [6.45, 7) is 2.50. The van der Waals surface area contributed by atoms with Gasteiger partial charge in [0, 0.05) is 26.2 Å². The fourth-order valence-electron chi connectivity index (χ4n) is 2.60. The number of primary amides is 1.